The van der Waals surface area contributed by atoms with Gasteiger partial charge in [0.2, 0.25) is 0 Å². The lowest BCUT2D eigenvalue weighted by Crippen LogP contribution is -2.24. The van der Waals surface area contributed by atoms with Gasteiger partial charge in [-0.3, -0.25) is 4.79 Å². The zero-order chi connectivity index (χ0) is 14.2. The van der Waals surface area contributed by atoms with E-state index in [0.29, 0.717) is 11.7 Å². The van der Waals surface area contributed by atoms with E-state index in [1.165, 1.54) is 37.0 Å². The second-order valence-electron chi connectivity index (χ2n) is 5.84. The second kappa shape index (κ2) is 8.51. The topological polar surface area (TPSA) is 17.1 Å². The van der Waals surface area contributed by atoms with Crippen LogP contribution in [-0.2, 0) is 4.79 Å². The first-order valence-electron chi connectivity index (χ1n) is 8.02. The van der Waals surface area contributed by atoms with Crippen molar-refractivity contribution in [3.8, 4) is 0 Å². The molecule has 110 valence electrons. The highest BCUT2D eigenvalue weighted by Crippen LogP contribution is 2.34. The first-order chi connectivity index (χ1) is 9.81. The van der Waals surface area contributed by atoms with E-state index in [0.717, 1.165) is 18.6 Å². The molecule has 0 amide bonds. The Morgan fingerprint density at radius 3 is 2.75 bits per heavy atom. The number of carbonyl (C=O) groups is 1. The van der Waals surface area contributed by atoms with Crippen LogP contribution in [0.15, 0.2) is 35.2 Å². The zero-order valence-corrected chi connectivity index (χ0v) is 13.3. The number of ketones is 1. The number of carbonyl (C=O) groups excluding carboxylic acids is 1. The fourth-order valence-electron chi connectivity index (χ4n) is 3.10. The van der Waals surface area contributed by atoms with Crippen molar-refractivity contribution in [2.24, 2.45) is 11.8 Å². The van der Waals surface area contributed by atoms with Crippen LogP contribution < -0.4 is 0 Å². The van der Waals surface area contributed by atoms with Crippen LogP contribution in [0.2, 0.25) is 0 Å². The fraction of sp³-hybridized carbons (Fsp3) is 0.611. The third-order valence-electron chi connectivity index (χ3n) is 4.33. The smallest absolute Gasteiger partial charge is 0.137 e. The average molecular weight is 290 g/mol. The molecule has 0 aliphatic heterocycles. The van der Waals surface area contributed by atoms with E-state index < -0.39 is 0 Å². The van der Waals surface area contributed by atoms with Gasteiger partial charge in [-0.05, 0) is 37.3 Å². The Labute approximate surface area is 127 Å². The molecule has 0 unspecified atom stereocenters. The van der Waals surface area contributed by atoms with Gasteiger partial charge in [-0.2, -0.15) is 0 Å². The molecule has 1 saturated carbocycles. The molecule has 0 N–H and O–H groups in total. The van der Waals surface area contributed by atoms with Gasteiger partial charge in [0, 0.05) is 23.0 Å². The molecule has 2 heteroatoms. The molecule has 0 radical (unpaired) electrons. The molecule has 1 fully saturated rings. The van der Waals surface area contributed by atoms with Crippen molar-refractivity contribution in [3.05, 3.63) is 30.3 Å². The summed E-state index contributed by atoms with van der Waals surface area (Å²) in [6, 6.07) is 10.5. The molecule has 0 heterocycles. The van der Waals surface area contributed by atoms with E-state index in [4.69, 9.17) is 0 Å². The lowest BCUT2D eigenvalue weighted by atomic mass is 9.85. The van der Waals surface area contributed by atoms with Crippen molar-refractivity contribution in [1.82, 2.24) is 0 Å². The highest BCUT2D eigenvalue weighted by Gasteiger charge is 2.29. The third-order valence-corrected chi connectivity index (χ3v) is 5.46. The van der Waals surface area contributed by atoms with E-state index in [2.05, 4.69) is 31.2 Å². The Morgan fingerprint density at radius 1 is 1.20 bits per heavy atom. The Kier molecular flexibility index (Phi) is 6.65. The van der Waals surface area contributed by atoms with E-state index in [1.807, 2.05) is 17.8 Å². The summed E-state index contributed by atoms with van der Waals surface area (Å²) in [5.41, 5.74) is 0. The number of unbranched alkanes of at least 4 members (excludes halogenated alkanes) is 1. The summed E-state index contributed by atoms with van der Waals surface area (Å²) in [7, 11) is 0. The second-order valence-corrected chi connectivity index (χ2v) is 6.94. The molecule has 2 atom stereocenters. The first-order valence-corrected chi connectivity index (χ1v) is 9.00. The highest BCUT2D eigenvalue weighted by atomic mass is 32.2. The number of hydrogen-bond donors (Lipinski definition) is 0. The van der Waals surface area contributed by atoms with Gasteiger partial charge in [0.15, 0.2) is 0 Å². The lowest BCUT2D eigenvalue weighted by molar-refractivity contribution is -0.123. The summed E-state index contributed by atoms with van der Waals surface area (Å²) < 4.78 is 0. The maximum atomic E-state index is 12.4. The predicted octanol–water partition coefficient (Wildman–Crippen LogP) is 5.34. The van der Waals surface area contributed by atoms with Crippen LogP contribution >= 0.6 is 11.8 Å². The molecule has 0 bridgehead atoms. The monoisotopic (exact) mass is 290 g/mol. The van der Waals surface area contributed by atoms with Gasteiger partial charge in [0.25, 0.3) is 0 Å². The Bertz CT molecular complexity index is 401. The molecule has 0 aromatic heterocycles. The van der Waals surface area contributed by atoms with Crippen molar-refractivity contribution < 1.29 is 4.79 Å². The van der Waals surface area contributed by atoms with Gasteiger partial charge < -0.3 is 0 Å². The largest absolute Gasteiger partial charge is 0.299 e. The summed E-state index contributed by atoms with van der Waals surface area (Å²) >= 11 is 1.86. The number of Topliss-reactive ketones (excluding diaryl/α,β-unsaturated/α-hetero) is 1. The lowest BCUT2D eigenvalue weighted by Gasteiger charge is -2.23. The average Bonchev–Trinajstić information content (AvgIpc) is 2.66. The minimum atomic E-state index is 0.286. The molecule has 0 spiro atoms. The van der Waals surface area contributed by atoms with Gasteiger partial charge in [-0.25, -0.2) is 0 Å². The molecule has 1 nitrogen and oxygen atoms in total. The number of thioether (sulfide) groups is 1. The van der Waals surface area contributed by atoms with Crippen molar-refractivity contribution in [2.75, 3.05) is 5.75 Å². The Hall–Kier alpha value is -0.760. The predicted molar refractivity (Wildman–Crippen MR) is 87.1 cm³/mol. The fourth-order valence-corrected chi connectivity index (χ4v) is 4.28. The van der Waals surface area contributed by atoms with Crippen LogP contribution in [0.4, 0.5) is 0 Å². The highest BCUT2D eigenvalue weighted by molar-refractivity contribution is 7.99. The minimum Gasteiger partial charge on any atom is -0.299 e. The number of rotatable bonds is 6. The Balaban J connectivity index is 1.97. The van der Waals surface area contributed by atoms with Crippen LogP contribution in [-0.4, -0.2) is 11.5 Å². The summed E-state index contributed by atoms with van der Waals surface area (Å²) in [5.74, 6) is 2.40. The molecule has 1 aliphatic carbocycles. The Morgan fingerprint density at radius 2 is 2.00 bits per heavy atom. The molecule has 1 aliphatic rings. The van der Waals surface area contributed by atoms with Crippen LogP contribution in [0.1, 0.15) is 51.9 Å². The third kappa shape index (κ3) is 4.66. The molecule has 1 aromatic rings. The SMILES string of the molecule is CCCC[C@H]1CCCCC(=O)[C@@H]1CSc1ccccc1. The van der Waals surface area contributed by atoms with E-state index in [-0.39, 0.29) is 5.92 Å². The van der Waals surface area contributed by atoms with Crippen molar-refractivity contribution >= 4 is 17.5 Å². The molecule has 0 saturated heterocycles. The molecular formula is C18H26OS. The van der Waals surface area contributed by atoms with Crippen LogP contribution in [0.3, 0.4) is 0 Å². The van der Waals surface area contributed by atoms with Gasteiger partial charge >= 0.3 is 0 Å². The van der Waals surface area contributed by atoms with Gasteiger partial charge in [0.05, 0.1) is 0 Å². The quantitative estimate of drug-likeness (QED) is 0.519. The molecular weight excluding hydrogens is 264 g/mol. The van der Waals surface area contributed by atoms with Gasteiger partial charge in [-0.1, -0.05) is 44.4 Å². The van der Waals surface area contributed by atoms with Crippen LogP contribution in [0.5, 0.6) is 0 Å². The summed E-state index contributed by atoms with van der Waals surface area (Å²) in [4.78, 5) is 13.7. The van der Waals surface area contributed by atoms with Gasteiger partial charge in [0.1, 0.15) is 5.78 Å². The molecule has 2 rings (SSSR count). The summed E-state index contributed by atoms with van der Waals surface area (Å²) in [6.07, 6.45) is 8.16. The molecule has 1 aromatic carbocycles. The van der Waals surface area contributed by atoms with Gasteiger partial charge in [-0.15, -0.1) is 11.8 Å². The minimum absolute atomic E-state index is 0.286. The summed E-state index contributed by atoms with van der Waals surface area (Å²) in [6.45, 7) is 2.24. The van der Waals surface area contributed by atoms with Crippen LogP contribution in [0.25, 0.3) is 0 Å². The van der Waals surface area contributed by atoms with Crippen molar-refractivity contribution in [1.29, 1.82) is 0 Å². The first kappa shape index (κ1) is 15.6. The van der Waals surface area contributed by atoms with E-state index in [9.17, 15) is 4.79 Å². The normalized spacial score (nSPS) is 23.6. The van der Waals surface area contributed by atoms with Crippen molar-refractivity contribution in [2.45, 2.75) is 56.8 Å². The standard InChI is InChI=1S/C18H26OS/c1-2-3-9-15-10-7-8-13-18(19)17(15)14-20-16-11-5-4-6-12-16/h4-6,11-12,15,17H,2-3,7-10,13-14H2,1H3/t15-,17+/m0/s1. The number of hydrogen-bond acceptors (Lipinski definition) is 2. The van der Waals surface area contributed by atoms with E-state index >= 15 is 0 Å². The zero-order valence-electron chi connectivity index (χ0n) is 12.5. The maximum Gasteiger partial charge on any atom is 0.137 e. The van der Waals surface area contributed by atoms with Crippen LogP contribution in [0, 0.1) is 11.8 Å². The maximum absolute atomic E-state index is 12.4. The number of benzene rings is 1. The molecule has 20 heavy (non-hydrogen) atoms. The van der Waals surface area contributed by atoms with E-state index in [1.54, 1.807) is 0 Å². The van der Waals surface area contributed by atoms with Crippen molar-refractivity contribution in [3.63, 3.8) is 0 Å². The summed E-state index contributed by atoms with van der Waals surface area (Å²) in [5, 5.41) is 0.